The molecular weight excluding hydrogens is 470 g/mol. The van der Waals surface area contributed by atoms with E-state index >= 15 is 0 Å². The maximum absolute atomic E-state index is 12.0. The summed E-state index contributed by atoms with van der Waals surface area (Å²) in [5.74, 6) is -0.0502. The molecule has 0 atom stereocenters. The van der Waals surface area contributed by atoms with Gasteiger partial charge in [-0.2, -0.15) is 5.10 Å². The lowest BCUT2D eigenvalue weighted by atomic mass is 9.79. The highest BCUT2D eigenvalue weighted by Crippen LogP contribution is 2.38. The van der Waals surface area contributed by atoms with Crippen molar-refractivity contribution in [1.82, 2.24) is 9.78 Å². The molecule has 0 unspecified atom stereocenters. The van der Waals surface area contributed by atoms with Crippen LogP contribution in [0.15, 0.2) is 42.6 Å². The van der Waals surface area contributed by atoms with Crippen molar-refractivity contribution in [2.45, 2.75) is 84.7 Å². The van der Waals surface area contributed by atoms with Gasteiger partial charge in [-0.3, -0.25) is 4.79 Å². The smallest absolute Gasteiger partial charge is 0.424 e. The highest BCUT2D eigenvalue weighted by molar-refractivity contribution is 6.62. The number of esters is 1. The Balaban J connectivity index is 1.49. The number of rotatable bonds is 4. The van der Waals surface area contributed by atoms with Crippen molar-refractivity contribution in [2.24, 2.45) is 0 Å². The zero-order chi connectivity index (χ0) is 27.0. The Kier molecular flexibility index (Phi) is 5.92. The number of fused-ring (bicyclic) bond motifs is 1. The molecule has 2 fully saturated rings. The van der Waals surface area contributed by atoms with E-state index in [1.165, 1.54) is 6.92 Å². The van der Waals surface area contributed by atoms with E-state index in [-0.39, 0.29) is 0 Å². The highest BCUT2D eigenvalue weighted by atomic mass is 16.7. The minimum absolute atomic E-state index is 0.374. The van der Waals surface area contributed by atoms with Crippen LogP contribution in [0.25, 0.3) is 16.6 Å². The van der Waals surface area contributed by atoms with Gasteiger partial charge >= 0.3 is 20.2 Å². The molecular formula is C27H34B2N2O6. The van der Waals surface area contributed by atoms with E-state index in [2.05, 4.69) is 0 Å². The largest absolute Gasteiger partial charge is 0.494 e. The molecule has 10 heteroatoms. The maximum Gasteiger partial charge on any atom is 0.494 e. The molecule has 2 aliphatic rings. The normalized spacial score (nSPS) is 21.5. The van der Waals surface area contributed by atoms with Gasteiger partial charge in [0.15, 0.2) is 5.75 Å². The summed E-state index contributed by atoms with van der Waals surface area (Å²) in [5.41, 5.74) is 1.30. The molecule has 194 valence electrons. The van der Waals surface area contributed by atoms with Crippen molar-refractivity contribution in [3.63, 3.8) is 0 Å². The second-order valence-corrected chi connectivity index (χ2v) is 11.9. The maximum atomic E-state index is 12.0. The van der Waals surface area contributed by atoms with Gasteiger partial charge in [0.2, 0.25) is 0 Å². The number of ether oxygens (including phenoxy) is 1. The topological polar surface area (TPSA) is 81.0 Å². The van der Waals surface area contributed by atoms with Crippen LogP contribution in [0, 0.1) is 0 Å². The molecule has 37 heavy (non-hydrogen) atoms. The van der Waals surface area contributed by atoms with Crippen molar-refractivity contribution in [1.29, 1.82) is 0 Å². The molecule has 0 bridgehead atoms. The van der Waals surface area contributed by atoms with E-state index < -0.39 is 42.6 Å². The summed E-state index contributed by atoms with van der Waals surface area (Å²) in [7, 11) is -1.04. The lowest BCUT2D eigenvalue weighted by Crippen LogP contribution is -2.41. The lowest BCUT2D eigenvalue weighted by Gasteiger charge is -2.32. The van der Waals surface area contributed by atoms with E-state index in [9.17, 15) is 4.79 Å². The van der Waals surface area contributed by atoms with Crippen LogP contribution in [-0.4, -0.2) is 52.4 Å². The molecule has 3 aromatic rings. The Labute approximate surface area is 218 Å². The van der Waals surface area contributed by atoms with Crippen molar-refractivity contribution >= 4 is 42.0 Å². The van der Waals surface area contributed by atoms with Crippen LogP contribution < -0.4 is 15.7 Å². The minimum atomic E-state index is -0.576. The van der Waals surface area contributed by atoms with Gasteiger partial charge in [0, 0.05) is 18.5 Å². The SMILES string of the molecule is CC(=O)Oc1cc(B2OC(C)(C)C(C)(C)O2)ccc1-n1cc2cc(B3OC(C)(C)C(C)(C)O3)ccc2n1. The fourth-order valence-corrected chi connectivity index (χ4v) is 4.38. The number of nitrogens with zero attached hydrogens (tertiary/aromatic N) is 2. The first kappa shape index (κ1) is 26.0. The molecule has 5 rings (SSSR count). The van der Waals surface area contributed by atoms with Gasteiger partial charge < -0.3 is 23.4 Å². The average molecular weight is 504 g/mol. The third-order valence-electron chi connectivity index (χ3n) is 8.06. The molecule has 0 amide bonds. The second kappa shape index (κ2) is 8.43. The van der Waals surface area contributed by atoms with E-state index in [1.807, 2.05) is 91.9 Å². The summed E-state index contributed by atoms with van der Waals surface area (Å²) in [6.07, 6.45) is 1.90. The van der Waals surface area contributed by atoms with E-state index in [0.29, 0.717) is 11.4 Å². The fraction of sp³-hybridized carbons (Fsp3) is 0.481. The zero-order valence-corrected chi connectivity index (χ0v) is 23.0. The van der Waals surface area contributed by atoms with Gasteiger partial charge in [-0.05, 0) is 84.5 Å². The van der Waals surface area contributed by atoms with Gasteiger partial charge in [-0.25, -0.2) is 4.68 Å². The number of benzene rings is 2. The van der Waals surface area contributed by atoms with Crippen molar-refractivity contribution in [3.8, 4) is 11.4 Å². The summed E-state index contributed by atoms with van der Waals surface area (Å²) in [6.45, 7) is 17.5. The predicted octanol–water partition coefficient (Wildman–Crippen LogP) is 3.55. The molecule has 0 N–H and O–H groups in total. The van der Waals surface area contributed by atoms with Crippen LogP contribution in [0.1, 0.15) is 62.3 Å². The second-order valence-electron chi connectivity index (χ2n) is 11.9. The third kappa shape index (κ3) is 4.50. The number of aromatic nitrogens is 2. The van der Waals surface area contributed by atoms with Crippen LogP contribution in [0.3, 0.4) is 0 Å². The van der Waals surface area contributed by atoms with Crippen LogP contribution in [0.4, 0.5) is 0 Å². The first-order chi connectivity index (χ1) is 17.1. The molecule has 0 aliphatic carbocycles. The van der Waals surface area contributed by atoms with Crippen LogP contribution in [0.5, 0.6) is 5.75 Å². The number of hydrogen-bond acceptors (Lipinski definition) is 7. The van der Waals surface area contributed by atoms with Gasteiger partial charge in [-0.1, -0.05) is 18.2 Å². The Morgan fingerprint density at radius 3 is 1.78 bits per heavy atom. The van der Waals surface area contributed by atoms with Crippen molar-refractivity contribution in [2.75, 3.05) is 0 Å². The van der Waals surface area contributed by atoms with E-state index in [0.717, 1.165) is 21.8 Å². The molecule has 8 nitrogen and oxygen atoms in total. The van der Waals surface area contributed by atoms with Gasteiger partial charge in [0.05, 0.1) is 27.9 Å². The summed E-state index contributed by atoms with van der Waals surface area (Å²) < 4.78 is 32.1. The van der Waals surface area contributed by atoms with E-state index in [4.69, 9.17) is 28.5 Å². The molecule has 0 saturated carbocycles. The standard InChI is InChI=1S/C27H34B2N2O6/c1-17(32)33-23-15-20(29-36-26(6,7)27(8,9)37-29)11-13-22(23)31-16-18-14-19(10-12-21(18)30-31)28-34-24(2,3)25(4,5)35-28/h10-16H,1-9H3. The average Bonchev–Trinajstić information content (AvgIpc) is 3.35. The molecule has 0 radical (unpaired) electrons. The Morgan fingerprint density at radius 1 is 0.784 bits per heavy atom. The third-order valence-corrected chi connectivity index (χ3v) is 8.06. The number of carbonyl (C=O) groups excluding carboxylic acids is 1. The van der Waals surface area contributed by atoms with E-state index in [1.54, 1.807) is 10.7 Å². The molecule has 2 aromatic carbocycles. The molecule has 0 spiro atoms. The minimum Gasteiger partial charge on any atom is -0.424 e. The Morgan fingerprint density at radius 2 is 1.27 bits per heavy atom. The van der Waals surface area contributed by atoms with Crippen LogP contribution in [0.2, 0.25) is 0 Å². The van der Waals surface area contributed by atoms with Crippen LogP contribution in [-0.2, 0) is 23.4 Å². The van der Waals surface area contributed by atoms with Crippen LogP contribution >= 0.6 is 0 Å². The molecule has 3 heterocycles. The van der Waals surface area contributed by atoms with Crippen molar-refractivity contribution < 1.29 is 28.1 Å². The molecule has 1 aromatic heterocycles. The Bertz CT molecular complexity index is 1350. The highest BCUT2D eigenvalue weighted by Gasteiger charge is 2.52. The molecule has 2 aliphatic heterocycles. The first-order valence-corrected chi connectivity index (χ1v) is 12.6. The van der Waals surface area contributed by atoms with Gasteiger partial charge in [0.1, 0.15) is 5.69 Å². The van der Waals surface area contributed by atoms with Gasteiger partial charge in [0.25, 0.3) is 0 Å². The summed E-state index contributed by atoms with van der Waals surface area (Å²) >= 11 is 0. The fourth-order valence-electron chi connectivity index (χ4n) is 4.38. The summed E-state index contributed by atoms with van der Waals surface area (Å²) in [5, 5.41) is 5.64. The zero-order valence-electron chi connectivity index (χ0n) is 23.0. The first-order valence-electron chi connectivity index (χ1n) is 12.6. The molecule has 2 saturated heterocycles. The number of carbonyl (C=O) groups is 1. The summed E-state index contributed by atoms with van der Waals surface area (Å²) in [4.78, 5) is 12.0. The summed E-state index contributed by atoms with van der Waals surface area (Å²) in [6, 6.07) is 11.5. The van der Waals surface area contributed by atoms with Crippen molar-refractivity contribution in [3.05, 3.63) is 42.6 Å². The monoisotopic (exact) mass is 504 g/mol. The lowest BCUT2D eigenvalue weighted by molar-refractivity contribution is -0.131. The predicted molar refractivity (Wildman–Crippen MR) is 144 cm³/mol. The van der Waals surface area contributed by atoms with Gasteiger partial charge in [-0.15, -0.1) is 0 Å². The number of hydrogen-bond donors (Lipinski definition) is 0. The quantitative estimate of drug-likeness (QED) is 0.306. The Hall–Kier alpha value is -2.65.